The minimum absolute atomic E-state index is 0.0912. The SMILES string of the molecule is COCc1cc2n(n1)CCCC2O.Cc1nc2c(F)cc(-c3nc(N)ncc3Cl)cc2n1C(C)C. The number of rotatable bonds is 4. The lowest BCUT2D eigenvalue weighted by molar-refractivity contribution is 0.135. The van der Waals surface area contributed by atoms with E-state index in [1.54, 1.807) is 7.11 Å². The highest BCUT2D eigenvalue weighted by Crippen LogP contribution is 2.32. The summed E-state index contributed by atoms with van der Waals surface area (Å²) in [7, 11) is 1.65. The van der Waals surface area contributed by atoms with Crippen molar-refractivity contribution in [3.63, 3.8) is 0 Å². The summed E-state index contributed by atoms with van der Waals surface area (Å²) in [5, 5.41) is 14.3. The summed E-state index contributed by atoms with van der Waals surface area (Å²) < 4.78 is 23.3. The molecule has 0 spiro atoms. The standard InChI is InChI=1S/C15H15ClFN5.C9H14N2O2/c1-7(2)22-8(3)20-14-11(17)4-9(5-12(14)22)13-10(16)6-19-15(18)21-13;1-13-6-7-5-8-9(12)3-2-4-11(8)10-7/h4-7H,1-3H3,(H2,18,19,21);5,9,12H,2-4,6H2,1H3. The minimum Gasteiger partial charge on any atom is -0.387 e. The number of nitrogen functional groups attached to an aromatic ring is 1. The zero-order valence-corrected chi connectivity index (χ0v) is 20.9. The molecule has 9 nitrogen and oxygen atoms in total. The van der Waals surface area contributed by atoms with Crippen LogP contribution in [0.15, 0.2) is 24.4 Å². The van der Waals surface area contributed by atoms with Gasteiger partial charge in [-0.1, -0.05) is 11.6 Å². The molecule has 0 fully saturated rings. The van der Waals surface area contributed by atoms with Crippen LogP contribution < -0.4 is 5.73 Å². The lowest BCUT2D eigenvalue weighted by Crippen LogP contribution is -2.15. The maximum atomic E-state index is 14.4. The molecule has 4 aromatic rings. The van der Waals surface area contributed by atoms with E-state index in [1.165, 1.54) is 12.3 Å². The van der Waals surface area contributed by atoms with E-state index in [0.29, 0.717) is 33.9 Å². The number of aromatic nitrogens is 6. The summed E-state index contributed by atoms with van der Waals surface area (Å²) in [5.41, 5.74) is 9.43. The largest absolute Gasteiger partial charge is 0.387 e. The number of halogens is 2. The van der Waals surface area contributed by atoms with Crippen LogP contribution in [0.2, 0.25) is 5.02 Å². The average molecular weight is 502 g/mol. The van der Waals surface area contributed by atoms with E-state index < -0.39 is 5.82 Å². The Labute approximate surface area is 207 Å². The van der Waals surface area contributed by atoms with Crippen molar-refractivity contribution >= 4 is 28.6 Å². The minimum atomic E-state index is -0.414. The molecule has 186 valence electrons. The highest BCUT2D eigenvalue weighted by Gasteiger charge is 2.20. The van der Waals surface area contributed by atoms with Crippen molar-refractivity contribution in [2.24, 2.45) is 0 Å². The molecule has 0 bridgehead atoms. The fourth-order valence-electron chi connectivity index (χ4n) is 4.38. The first-order chi connectivity index (χ1) is 16.7. The van der Waals surface area contributed by atoms with Crippen LogP contribution in [0.5, 0.6) is 0 Å². The molecule has 5 rings (SSSR count). The highest BCUT2D eigenvalue weighted by molar-refractivity contribution is 6.33. The van der Waals surface area contributed by atoms with E-state index in [4.69, 9.17) is 22.1 Å². The number of hydrogen-bond donors (Lipinski definition) is 2. The average Bonchev–Trinajstić information content (AvgIpc) is 3.37. The second-order valence-corrected chi connectivity index (χ2v) is 9.16. The Morgan fingerprint density at radius 1 is 1.29 bits per heavy atom. The molecule has 0 saturated heterocycles. The quantitative estimate of drug-likeness (QED) is 0.419. The lowest BCUT2D eigenvalue weighted by Gasteiger charge is -2.18. The molecule has 35 heavy (non-hydrogen) atoms. The van der Waals surface area contributed by atoms with Crippen LogP contribution in [-0.4, -0.2) is 41.5 Å². The Morgan fingerprint density at radius 3 is 2.74 bits per heavy atom. The van der Waals surface area contributed by atoms with Gasteiger partial charge in [0.05, 0.1) is 46.5 Å². The van der Waals surface area contributed by atoms with Crippen molar-refractivity contribution in [3.8, 4) is 11.3 Å². The Morgan fingerprint density at radius 2 is 2.06 bits per heavy atom. The number of anilines is 1. The predicted molar refractivity (Wildman–Crippen MR) is 132 cm³/mol. The van der Waals surface area contributed by atoms with Crippen LogP contribution in [0.1, 0.15) is 56.0 Å². The van der Waals surface area contributed by atoms with E-state index in [1.807, 2.05) is 42.2 Å². The maximum absolute atomic E-state index is 14.4. The first kappa shape index (κ1) is 25.0. The molecule has 1 unspecified atom stereocenters. The molecule has 3 aromatic heterocycles. The number of aryl methyl sites for hydroxylation is 2. The van der Waals surface area contributed by atoms with Gasteiger partial charge < -0.3 is 20.1 Å². The van der Waals surface area contributed by atoms with Crippen LogP contribution in [0.4, 0.5) is 10.3 Å². The maximum Gasteiger partial charge on any atom is 0.220 e. The second kappa shape index (κ2) is 10.3. The smallest absolute Gasteiger partial charge is 0.220 e. The van der Waals surface area contributed by atoms with Gasteiger partial charge in [0.15, 0.2) is 5.82 Å². The molecule has 0 saturated carbocycles. The van der Waals surface area contributed by atoms with Crippen molar-refractivity contribution in [3.05, 3.63) is 52.4 Å². The molecule has 3 N–H and O–H groups in total. The number of hydrogen-bond acceptors (Lipinski definition) is 7. The van der Waals surface area contributed by atoms with Gasteiger partial charge >= 0.3 is 0 Å². The monoisotopic (exact) mass is 501 g/mol. The highest BCUT2D eigenvalue weighted by atomic mass is 35.5. The van der Waals surface area contributed by atoms with Gasteiger partial charge in [-0.25, -0.2) is 19.3 Å². The summed E-state index contributed by atoms with van der Waals surface area (Å²) in [6.45, 7) is 7.33. The zero-order chi connectivity index (χ0) is 25.3. The molecule has 1 aliphatic rings. The van der Waals surface area contributed by atoms with E-state index in [2.05, 4.69) is 20.1 Å². The van der Waals surface area contributed by atoms with Gasteiger partial charge in [0.1, 0.15) is 11.3 Å². The molecule has 1 aromatic carbocycles. The van der Waals surface area contributed by atoms with Crippen molar-refractivity contribution in [1.82, 2.24) is 29.3 Å². The van der Waals surface area contributed by atoms with Gasteiger partial charge in [0, 0.05) is 25.3 Å². The van der Waals surface area contributed by atoms with Gasteiger partial charge in [0.25, 0.3) is 0 Å². The van der Waals surface area contributed by atoms with Crippen LogP contribution in [0.3, 0.4) is 0 Å². The number of methoxy groups -OCH3 is 1. The summed E-state index contributed by atoms with van der Waals surface area (Å²) in [6, 6.07) is 5.28. The van der Waals surface area contributed by atoms with Gasteiger partial charge in [-0.05, 0) is 51.8 Å². The summed E-state index contributed by atoms with van der Waals surface area (Å²) in [5.74, 6) is 0.436. The molecule has 1 atom stereocenters. The number of nitrogens with two attached hydrogens (primary N) is 1. The lowest BCUT2D eigenvalue weighted by atomic mass is 10.1. The van der Waals surface area contributed by atoms with Gasteiger partial charge in [0.2, 0.25) is 5.95 Å². The molecule has 4 heterocycles. The third-order valence-corrected chi connectivity index (χ3v) is 6.10. The number of fused-ring (bicyclic) bond motifs is 2. The van der Waals surface area contributed by atoms with E-state index in [-0.39, 0.29) is 18.1 Å². The fourth-order valence-corrected chi connectivity index (χ4v) is 4.58. The van der Waals surface area contributed by atoms with Crippen LogP contribution >= 0.6 is 11.6 Å². The summed E-state index contributed by atoms with van der Waals surface area (Å²) in [4.78, 5) is 12.2. The number of benzene rings is 1. The van der Waals surface area contributed by atoms with Gasteiger partial charge in [-0.15, -0.1) is 0 Å². The van der Waals surface area contributed by atoms with Crippen LogP contribution in [0, 0.1) is 12.7 Å². The van der Waals surface area contributed by atoms with Crippen LogP contribution in [0.25, 0.3) is 22.3 Å². The van der Waals surface area contributed by atoms with Crippen molar-refractivity contribution < 1.29 is 14.2 Å². The van der Waals surface area contributed by atoms with Gasteiger partial charge in [-0.3, -0.25) is 4.68 Å². The Kier molecular flexibility index (Phi) is 7.34. The fraction of sp³-hybridized carbons (Fsp3) is 0.417. The Hall–Kier alpha value is -3.08. The molecule has 0 aliphatic carbocycles. The summed E-state index contributed by atoms with van der Waals surface area (Å²) >= 11 is 6.12. The molecular weight excluding hydrogens is 473 g/mol. The zero-order valence-electron chi connectivity index (χ0n) is 20.2. The first-order valence-electron chi connectivity index (χ1n) is 11.4. The normalized spacial score (nSPS) is 15.3. The predicted octanol–water partition coefficient (Wildman–Crippen LogP) is 4.61. The molecule has 1 aliphatic heterocycles. The number of aliphatic hydroxyl groups is 1. The van der Waals surface area contributed by atoms with Gasteiger partial charge in [-0.2, -0.15) is 5.10 Å². The second-order valence-electron chi connectivity index (χ2n) is 8.75. The molecular formula is C24H29ClFN7O2. The number of nitrogens with zero attached hydrogens (tertiary/aromatic N) is 6. The van der Waals surface area contributed by atoms with E-state index in [9.17, 15) is 9.50 Å². The summed E-state index contributed by atoms with van der Waals surface area (Å²) in [6.07, 6.45) is 2.92. The Balaban J connectivity index is 0.000000189. The van der Waals surface area contributed by atoms with Crippen molar-refractivity contribution in [2.75, 3.05) is 12.8 Å². The number of imidazole rings is 1. The van der Waals surface area contributed by atoms with Crippen LogP contribution in [-0.2, 0) is 17.9 Å². The molecule has 0 radical (unpaired) electrons. The Bertz CT molecular complexity index is 1350. The topological polar surface area (TPSA) is 117 Å². The number of aliphatic hydroxyl groups excluding tert-OH is 1. The first-order valence-corrected chi connectivity index (χ1v) is 11.8. The molecule has 11 heteroatoms. The third kappa shape index (κ3) is 5.14. The third-order valence-electron chi connectivity index (χ3n) is 5.82. The van der Waals surface area contributed by atoms with Crippen molar-refractivity contribution in [2.45, 2.75) is 58.9 Å². The molecule has 0 amide bonds. The van der Waals surface area contributed by atoms with Crippen molar-refractivity contribution in [1.29, 1.82) is 0 Å². The van der Waals surface area contributed by atoms with E-state index >= 15 is 0 Å². The number of ether oxygens (including phenoxy) is 1. The van der Waals surface area contributed by atoms with E-state index in [0.717, 1.165) is 36.6 Å².